The van der Waals surface area contributed by atoms with Crippen LogP contribution < -0.4 is 0 Å². The van der Waals surface area contributed by atoms with Crippen LogP contribution in [0.15, 0.2) is 24.3 Å². The van der Waals surface area contributed by atoms with Gasteiger partial charge >= 0.3 is 7.12 Å². The van der Waals surface area contributed by atoms with E-state index >= 15 is 0 Å². The van der Waals surface area contributed by atoms with E-state index in [1.54, 1.807) is 0 Å². The van der Waals surface area contributed by atoms with Crippen molar-refractivity contribution in [3.8, 4) is 0 Å². The summed E-state index contributed by atoms with van der Waals surface area (Å²) in [6.45, 7) is 10.8. The van der Waals surface area contributed by atoms with E-state index < -0.39 is 0 Å². The van der Waals surface area contributed by atoms with Gasteiger partial charge in [0, 0.05) is 5.82 Å². The lowest BCUT2D eigenvalue weighted by Gasteiger charge is -2.33. The number of rotatable bonds is 2. The fourth-order valence-electron chi connectivity index (χ4n) is 5.06. The van der Waals surface area contributed by atoms with Gasteiger partial charge in [-0.25, -0.2) is 0 Å². The van der Waals surface area contributed by atoms with Gasteiger partial charge in [0.2, 0.25) is 0 Å². The van der Waals surface area contributed by atoms with E-state index in [0.29, 0.717) is 11.7 Å². The first kappa shape index (κ1) is 15.7. The summed E-state index contributed by atoms with van der Waals surface area (Å²) in [5.74, 6) is 2.69. The monoisotopic (exact) mass is 312 g/mol. The third kappa shape index (κ3) is 2.39. The first-order chi connectivity index (χ1) is 10.8. The van der Waals surface area contributed by atoms with E-state index in [9.17, 15) is 0 Å². The van der Waals surface area contributed by atoms with E-state index in [2.05, 4.69) is 58.9 Å². The lowest BCUT2D eigenvalue weighted by molar-refractivity contribution is 0.00578. The Morgan fingerprint density at radius 3 is 2.09 bits per heavy atom. The highest BCUT2D eigenvalue weighted by molar-refractivity contribution is 6.48. The van der Waals surface area contributed by atoms with Crippen molar-refractivity contribution in [3.63, 3.8) is 0 Å². The summed E-state index contributed by atoms with van der Waals surface area (Å²) in [6.07, 6.45) is 4.08. The van der Waals surface area contributed by atoms with Gasteiger partial charge in [-0.2, -0.15) is 0 Å². The fraction of sp³-hybridized carbons (Fsp3) is 0.700. The Bertz CT molecular complexity index is 576. The molecule has 1 heterocycles. The molecule has 0 spiro atoms. The number of fused-ring (bicyclic) bond motifs is 2. The summed E-state index contributed by atoms with van der Waals surface area (Å²) in [5, 5.41) is 0. The highest BCUT2D eigenvalue weighted by Crippen LogP contribution is 2.62. The van der Waals surface area contributed by atoms with E-state index in [0.717, 1.165) is 11.8 Å². The Kier molecular flexibility index (Phi) is 3.48. The molecular weight excluding hydrogens is 283 g/mol. The molecule has 2 saturated carbocycles. The summed E-state index contributed by atoms with van der Waals surface area (Å²) in [7, 11) is -0.0541. The van der Waals surface area contributed by atoms with Crippen LogP contribution in [0.3, 0.4) is 0 Å². The molecule has 4 rings (SSSR count). The zero-order chi connectivity index (χ0) is 16.4. The maximum absolute atomic E-state index is 6.45. The molecule has 0 N–H and O–H groups in total. The first-order valence-corrected chi connectivity index (χ1v) is 9.21. The van der Waals surface area contributed by atoms with Crippen molar-refractivity contribution in [2.75, 3.05) is 0 Å². The smallest absolute Gasteiger partial charge is 0.403 e. The van der Waals surface area contributed by atoms with Gasteiger partial charge in [-0.05, 0) is 70.8 Å². The minimum atomic E-state index is -0.225. The van der Waals surface area contributed by atoms with Crippen LogP contribution in [-0.2, 0) is 9.31 Å². The fourth-order valence-corrected chi connectivity index (χ4v) is 5.06. The molecule has 1 aromatic rings. The second-order valence-corrected chi connectivity index (χ2v) is 8.97. The van der Waals surface area contributed by atoms with Crippen LogP contribution in [-0.4, -0.2) is 18.3 Å². The van der Waals surface area contributed by atoms with E-state index in [1.807, 2.05) is 0 Å². The molecular formula is C20H29BO2. The van der Waals surface area contributed by atoms with Gasteiger partial charge < -0.3 is 9.31 Å². The van der Waals surface area contributed by atoms with Gasteiger partial charge in [0.05, 0.1) is 11.2 Å². The normalized spacial score (nSPS) is 37.5. The van der Waals surface area contributed by atoms with Crippen LogP contribution >= 0.6 is 0 Å². The maximum Gasteiger partial charge on any atom is 0.462 e. The zero-order valence-electron chi connectivity index (χ0n) is 15.1. The molecule has 1 aromatic carbocycles. The summed E-state index contributed by atoms with van der Waals surface area (Å²) >= 11 is 0. The lowest BCUT2D eigenvalue weighted by atomic mass is 9.57. The van der Waals surface area contributed by atoms with Gasteiger partial charge in [0.25, 0.3) is 0 Å². The summed E-state index contributed by atoms with van der Waals surface area (Å²) in [6, 6.07) is 9.17. The first-order valence-electron chi connectivity index (χ1n) is 9.21. The predicted octanol–water partition coefficient (Wildman–Crippen LogP) is 4.97. The number of aryl methyl sites for hydroxylation is 1. The largest absolute Gasteiger partial charge is 0.462 e. The van der Waals surface area contributed by atoms with Crippen molar-refractivity contribution in [1.29, 1.82) is 0 Å². The lowest BCUT2D eigenvalue weighted by Crippen LogP contribution is -2.41. The topological polar surface area (TPSA) is 18.5 Å². The number of hydrogen-bond donors (Lipinski definition) is 0. The molecule has 2 nitrogen and oxygen atoms in total. The molecule has 1 aliphatic heterocycles. The quantitative estimate of drug-likeness (QED) is 0.718. The standard InChI is InChI=1S/C20H29BO2/c1-13-6-8-14(9-7-13)17-15-10-11-16(12-15)18(17)21-22-19(2,3)20(4,5)23-21/h6-9,15-18H,10-12H2,1-5H3/t15-,16+,17+,18-/m0/s1. The Hall–Kier alpha value is -0.795. The minimum Gasteiger partial charge on any atom is -0.403 e. The number of benzene rings is 1. The maximum atomic E-state index is 6.45. The van der Waals surface area contributed by atoms with Gasteiger partial charge in [-0.3, -0.25) is 0 Å². The van der Waals surface area contributed by atoms with E-state index in [-0.39, 0.29) is 18.3 Å². The molecule has 0 unspecified atom stereocenters. The molecule has 1 saturated heterocycles. The molecule has 0 aromatic heterocycles. The second kappa shape index (κ2) is 5.10. The molecule has 124 valence electrons. The Balaban J connectivity index is 1.65. The second-order valence-electron chi connectivity index (χ2n) is 8.97. The van der Waals surface area contributed by atoms with Crippen molar-refractivity contribution in [1.82, 2.24) is 0 Å². The Morgan fingerprint density at radius 1 is 0.913 bits per heavy atom. The molecule has 2 bridgehead atoms. The minimum absolute atomic E-state index is 0.0541. The zero-order valence-corrected chi connectivity index (χ0v) is 15.1. The molecule has 0 radical (unpaired) electrons. The van der Waals surface area contributed by atoms with Crippen LogP contribution in [0.25, 0.3) is 0 Å². The highest BCUT2D eigenvalue weighted by Gasteiger charge is 2.61. The van der Waals surface area contributed by atoms with E-state index in [1.165, 1.54) is 30.4 Å². The van der Waals surface area contributed by atoms with Crippen LogP contribution in [0, 0.1) is 18.8 Å². The molecule has 0 amide bonds. The SMILES string of the molecule is Cc1ccc([C@@H]2[C@H]3CC[C@H](C3)[C@@H]2B2OC(C)(C)C(C)(C)O2)cc1. The van der Waals surface area contributed by atoms with Crippen molar-refractivity contribution in [3.05, 3.63) is 35.4 Å². The average Bonchev–Trinajstić information content (AvgIpc) is 3.12. The summed E-state index contributed by atoms with van der Waals surface area (Å²) in [5.41, 5.74) is 2.38. The van der Waals surface area contributed by atoms with Crippen LogP contribution in [0.4, 0.5) is 0 Å². The van der Waals surface area contributed by atoms with Crippen molar-refractivity contribution in [2.45, 2.75) is 76.8 Å². The van der Waals surface area contributed by atoms with Crippen LogP contribution in [0.1, 0.15) is 64.0 Å². The van der Waals surface area contributed by atoms with Crippen molar-refractivity contribution in [2.24, 2.45) is 11.8 Å². The predicted molar refractivity (Wildman–Crippen MR) is 94.6 cm³/mol. The summed E-state index contributed by atoms with van der Waals surface area (Å²) < 4.78 is 12.9. The number of hydrogen-bond acceptors (Lipinski definition) is 2. The molecule has 3 heteroatoms. The molecule has 2 aliphatic carbocycles. The molecule has 23 heavy (non-hydrogen) atoms. The summed E-state index contributed by atoms with van der Waals surface area (Å²) in [4.78, 5) is 0. The Morgan fingerprint density at radius 2 is 1.48 bits per heavy atom. The van der Waals surface area contributed by atoms with E-state index in [4.69, 9.17) is 9.31 Å². The third-order valence-electron chi connectivity index (χ3n) is 7.03. The third-order valence-corrected chi connectivity index (χ3v) is 7.03. The van der Waals surface area contributed by atoms with Crippen LogP contribution in [0.2, 0.25) is 5.82 Å². The molecule has 3 fully saturated rings. The van der Waals surface area contributed by atoms with Crippen molar-refractivity contribution < 1.29 is 9.31 Å². The van der Waals surface area contributed by atoms with Gasteiger partial charge in [0.1, 0.15) is 0 Å². The van der Waals surface area contributed by atoms with Gasteiger partial charge in [0.15, 0.2) is 0 Å². The van der Waals surface area contributed by atoms with Crippen LogP contribution in [0.5, 0.6) is 0 Å². The molecule has 4 atom stereocenters. The van der Waals surface area contributed by atoms with Crippen molar-refractivity contribution >= 4 is 7.12 Å². The van der Waals surface area contributed by atoms with Gasteiger partial charge in [-0.15, -0.1) is 0 Å². The van der Waals surface area contributed by atoms with Gasteiger partial charge in [-0.1, -0.05) is 36.2 Å². The highest BCUT2D eigenvalue weighted by atomic mass is 16.7. The molecule has 3 aliphatic rings. The average molecular weight is 312 g/mol. The Labute approximate surface area is 141 Å².